The maximum Gasteiger partial charge on any atom is 0.128 e. The van der Waals surface area contributed by atoms with Gasteiger partial charge in [-0.25, -0.2) is 4.39 Å². The molecule has 4 heteroatoms. The van der Waals surface area contributed by atoms with Gasteiger partial charge in [0.15, 0.2) is 0 Å². The molecule has 1 saturated carbocycles. The molecule has 1 heterocycles. The number of rotatable bonds is 3. The normalized spacial score (nSPS) is 26.4. The zero-order chi connectivity index (χ0) is 13.9. The molecule has 0 aromatic heterocycles. The first-order chi connectivity index (χ1) is 9.81. The van der Waals surface area contributed by atoms with Crippen molar-refractivity contribution in [1.29, 1.82) is 0 Å². The predicted octanol–water partition coefficient (Wildman–Crippen LogP) is 2.47. The lowest BCUT2D eigenvalue weighted by atomic mass is 9.89. The fourth-order valence-electron chi connectivity index (χ4n) is 3.60. The third-order valence-corrected chi connectivity index (χ3v) is 4.53. The average molecular weight is 278 g/mol. The third-order valence-electron chi connectivity index (χ3n) is 4.53. The zero-order valence-electron chi connectivity index (χ0n) is 11.9. The lowest BCUT2D eigenvalue weighted by Crippen LogP contribution is -2.53. The Morgan fingerprint density at radius 3 is 3.00 bits per heavy atom. The van der Waals surface area contributed by atoms with Crippen LogP contribution in [0.25, 0.3) is 0 Å². The van der Waals surface area contributed by atoms with Crippen LogP contribution in [0.1, 0.15) is 31.2 Å². The van der Waals surface area contributed by atoms with Gasteiger partial charge in [-0.05, 0) is 37.9 Å². The zero-order valence-corrected chi connectivity index (χ0v) is 11.9. The Bertz CT molecular complexity index is 464. The minimum Gasteiger partial charge on any atom is -0.374 e. The summed E-state index contributed by atoms with van der Waals surface area (Å²) >= 11 is 0. The van der Waals surface area contributed by atoms with Crippen LogP contribution in [0.15, 0.2) is 18.2 Å². The fourth-order valence-corrected chi connectivity index (χ4v) is 3.60. The molecule has 1 aliphatic heterocycles. The summed E-state index contributed by atoms with van der Waals surface area (Å²) in [5.74, 6) is -0.133. The van der Waals surface area contributed by atoms with Crippen molar-refractivity contribution in [3.05, 3.63) is 29.6 Å². The van der Waals surface area contributed by atoms with E-state index in [4.69, 9.17) is 10.5 Å². The van der Waals surface area contributed by atoms with Crippen LogP contribution in [0.5, 0.6) is 0 Å². The Hall–Kier alpha value is -1.13. The number of morpholine rings is 1. The number of nitrogens with zero attached hydrogens (tertiary/aromatic N) is 1. The molecule has 2 atom stereocenters. The molecule has 1 aromatic rings. The molecule has 110 valence electrons. The van der Waals surface area contributed by atoms with Gasteiger partial charge in [-0.15, -0.1) is 0 Å². The molecule has 20 heavy (non-hydrogen) atoms. The number of hydrogen-bond acceptors (Lipinski definition) is 3. The van der Waals surface area contributed by atoms with Crippen LogP contribution in [-0.2, 0) is 11.2 Å². The van der Waals surface area contributed by atoms with Crippen LogP contribution in [0.4, 0.5) is 10.1 Å². The predicted molar refractivity (Wildman–Crippen MR) is 78.5 cm³/mol. The SMILES string of the molecule is NCCc1c(F)cccc1N1CCOC2CCCCC21. The second-order valence-electron chi connectivity index (χ2n) is 5.73. The Labute approximate surface area is 119 Å². The number of nitrogens with two attached hydrogens (primary N) is 1. The minimum atomic E-state index is -0.133. The fraction of sp³-hybridized carbons (Fsp3) is 0.625. The van der Waals surface area contributed by atoms with E-state index in [1.54, 1.807) is 6.07 Å². The van der Waals surface area contributed by atoms with E-state index in [0.717, 1.165) is 37.2 Å². The standard InChI is InChI=1S/C16H23FN2O/c17-13-4-3-6-14(12(13)8-9-18)19-10-11-20-16-7-2-1-5-15(16)19/h3-4,6,15-16H,1-2,5,7-11,18H2. The van der Waals surface area contributed by atoms with Gasteiger partial charge in [0.25, 0.3) is 0 Å². The molecule has 2 unspecified atom stereocenters. The summed E-state index contributed by atoms with van der Waals surface area (Å²) in [5, 5.41) is 0. The molecule has 0 amide bonds. The number of fused-ring (bicyclic) bond motifs is 1. The lowest BCUT2D eigenvalue weighted by Gasteiger charge is -2.45. The smallest absolute Gasteiger partial charge is 0.128 e. The maximum atomic E-state index is 14.1. The van der Waals surface area contributed by atoms with Gasteiger partial charge in [-0.2, -0.15) is 0 Å². The number of benzene rings is 1. The van der Waals surface area contributed by atoms with Crippen molar-refractivity contribution in [2.75, 3.05) is 24.6 Å². The van der Waals surface area contributed by atoms with Gasteiger partial charge in [-0.3, -0.25) is 0 Å². The maximum absolute atomic E-state index is 14.1. The van der Waals surface area contributed by atoms with E-state index >= 15 is 0 Å². The van der Waals surface area contributed by atoms with Crippen LogP contribution in [-0.4, -0.2) is 31.8 Å². The molecule has 0 bridgehead atoms. The monoisotopic (exact) mass is 278 g/mol. The van der Waals surface area contributed by atoms with Gasteiger partial charge >= 0.3 is 0 Å². The van der Waals surface area contributed by atoms with Crippen molar-refractivity contribution in [1.82, 2.24) is 0 Å². The van der Waals surface area contributed by atoms with Crippen LogP contribution < -0.4 is 10.6 Å². The molecular weight excluding hydrogens is 255 g/mol. The highest BCUT2D eigenvalue weighted by Crippen LogP contribution is 2.34. The summed E-state index contributed by atoms with van der Waals surface area (Å²) in [7, 11) is 0. The number of hydrogen-bond donors (Lipinski definition) is 1. The van der Waals surface area contributed by atoms with Gasteiger partial charge in [0.1, 0.15) is 5.82 Å². The molecule has 1 aliphatic carbocycles. The Balaban J connectivity index is 1.92. The summed E-state index contributed by atoms with van der Waals surface area (Å²) in [6.45, 7) is 2.06. The summed E-state index contributed by atoms with van der Waals surface area (Å²) in [6, 6.07) is 5.77. The van der Waals surface area contributed by atoms with E-state index in [9.17, 15) is 4.39 Å². The Kier molecular flexibility index (Phi) is 4.22. The van der Waals surface area contributed by atoms with Crippen LogP contribution in [0.2, 0.25) is 0 Å². The first kappa shape index (κ1) is 13.8. The molecule has 0 spiro atoms. The Morgan fingerprint density at radius 1 is 1.30 bits per heavy atom. The van der Waals surface area contributed by atoms with Gasteiger partial charge in [0, 0.05) is 17.8 Å². The van der Waals surface area contributed by atoms with Crippen molar-refractivity contribution in [2.24, 2.45) is 5.73 Å². The summed E-state index contributed by atoms with van der Waals surface area (Å²) < 4.78 is 20.0. The van der Waals surface area contributed by atoms with Crippen molar-refractivity contribution in [2.45, 2.75) is 44.2 Å². The Morgan fingerprint density at radius 2 is 2.15 bits per heavy atom. The molecule has 3 rings (SSSR count). The van der Waals surface area contributed by atoms with Crippen LogP contribution >= 0.6 is 0 Å². The van der Waals surface area contributed by atoms with E-state index in [1.165, 1.54) is 18.9 Å². The topological polar surface area (TPSA) is 38.5 Å². The number of halogens is 1. The van der Waals surface area contributed by atoms with E-state index in [1.807, 2.05) is 6.07 Å². The van der Waals surface area contributed by atoms with Gasteiger partial charge in [0.05, 0.1) is 18.8 Å². The average Bonchev–Trinajstić information content (AvgIpc) is 2.49. The van der Waals surface area contributed by atoms with Gasteiger partial charge in [-0.1, -0.05) is 18.9 Å². The minimum absolute atomic E-state index is 0.133. The van der Waals surface area contributed by atoms with E-state index in [0.29, 0.717) is 25.1 Å². The van der Waals surface area contributed by atoms with Crippen molar-refractivity contribution >= 4 is 5.69 Å². The number of anilines is 1. The van der Waals surface area contributed by atoms with E-state index in [2.05, 4.69) is 4.90 Å². The first-order valence-electron chi connectivity index (χ1n) is 7.67. The molecule has 2 N–H and O–H groups in total. The van der Waals surface area contributed by atoms with E-state index in [-0.39, 0.29) is 5.82 Å². The van der Waals surface area contributed by atoms with E-state index < -0.39 is 0 Å². The largest absolute Gasteiger partial charge is 0.374 e. The summed E-state index contributed by atoms with van der Waals surface area (Å²) in [4.78, 5) is 2.36. The van der Waals surface area contributed by atoms with Crippen molar-refractivity contribution in [3.8, 4) is 0 Å². The molecule has 3 nitrogen and oxygen atoms in total. The molecule has 2 fully saturated rings. The van der Waals surface area contributed by atoms with Gasteiger partial charge < -0.3 is 15.4 Å². The molecule has 1 saturated heterocycles. The van der Waals surface area contributed by atoms with Crippen LogP contribution in [0, 0.1) is 5.82 Å². The number of ether oxygens (including phenoxy) is 1. The van der Waals surface area contributed by atoms with Crippen molar-refractivity contribution in [3.63, 3.8) is 0 Å². The van der Waals surface area contributed by atoms with Crippen LogP contribution in [0.3, 0.4) is 0 Å². The highest BCUT2D eigenvalue weighted by Gasteiger charge is 2.35. The molecular formula is C16H23FN2O. The second kappa shape index (κ2) is 6.10. The molecule has 1 aromatic carbocycles. The first-order valence-corrected chi connectivity index (χ1v) is 7.67. The highest BCUT2D eigenvalue weighted by atomic mass is 19.1. The third kappa shape index (κ3) is 2.54. The molecule has 0 radical (unpaired) electrons. The highest BCUT2D eigenvalue weighted by molar-refractivity contribution is 5.56. The second-order valence-corrected chi connectivity index (χ2v) is 5.73. The summed E-state index contributed by atoms with van der Waals surface area (Å²) in [5.41, 5.74) is 7.44. The lowest BCUT2D eigenvalue weighted by molar-refractivity contribution is -0.00875. The van der Waals surface area contributed by atoms with Crippen molar-refractivity contribution < 1.29 is 9.13 Å². The molecule has 2 aliphatic rings. The quantitative estimate of drug-likeness (QED) is 0.923. The van der Waals surface area contributed by atoms with Gasteiger partial charge in [0.2, 0.25) is 0 Å². The summed E-state index contributed by atoms with van der Waals surface area (Å²) in [6.07, 6.45) is 5.66.